The Morgan fingerprint density at radius 3 is 2.12 bits per heavy atom. The molecule has 224 valence electrons. The first-order chi connectivity index (χ1) is 19.0. The van der Waals surface area contributed by atoms with E-state index in [0.29, 0.717) is 32.1 Å². The number of amides is 4. The fourth-order valence-corrected chi connectivity index (χ4v) is 4.98. The molecular formula is C30H42ClN5O5. The predicted octanol–water partition coefficient (Wildman–Crippen LogP) is 1.71. The number of halogens is 1. The van der Waals surface area contributed by atoms with Crippen molar-refractivity contribution in [2.45, 2.75) is 76.5 Å². The molecule has 1 aliphatic rings. The lowest BCUT2D eigenvalue weighted by atomic mass is 10.00. The van der Waals surface area contributed by atoms with Crippen molar-refractivity contribution < 1.29 is 24.3 Å². The third kappa shape index (κ3) is 10.7. The van der Waals surface area contributed by atoms with Crippen molar-refractivity contribution in [3.8, 4) is 5.75 Å². The molecule has 0 spiro atoms. The van der Waals surface area contributed by atoms with Crippen molar-refractivity contribution in [1.82, 2.24) is 16.0 Å². The van der Waals surface area contributed by atoms with Crippen LogP contribution in [-0.2, 0) is 32.0 Å². The summed E-state index contributed by atoms with van der Waals surface area (Å²) in [5.74, 6) is -1.77. The van der Waals surface area contributed by atoms with E-state index in [-0.39, 0.29) is 54.3 Å². The van der Waals surface area contributed by atoms with Gasteiger partial charge in [-0.15, -0.1) is 12.4 Å². The fourth-order valence-electron chi connectivity index (χ4n) is 4.98. The monoisotopic (exact) mass is 587 g/mol. The van der Waals surface area contributed by atoms with Crippen LogP contribution in [0.3, 0.4) is 0 Å². The van der Waals surface area contributed by atoms with E-state index >= 15 is 0 Å². The Balaban J connectivity index is 0.00000588. The number of phenols is 1. The third-order valence-corrected chi connectivity index (χ3v) is 7.16. The molecular weight excluding hydrogens is 546 g/mol. The van der Waals surface area contributed by atoms with Crippen molar-refractivity contribution in [3.05, 3.63) is 65.7 Å². The molecule has 0 aromatic heterocycles. The Morgan fingerprint density at radius 2 is 1.51 bits per heavy atom. The molecule has 0 aliphatic heterocycles. The molecule has 0 saturated heterocycles. The Morgan fingerprint density at radius 1 is 0.878 bits per heavy atom. The van der Waals surface area contributed by atoms with Crippen LogP contribution >= 0.6 is 12.4 Å². The minimum atomic E-state index is -0.892. The van der Waals surface area contributed by atoms with Gasteiger partial charge < -0.3 is 32.5 Å². The number of carbonyl (C=O) groups excluding carboxylic acids is 4. The quantitative estimate of drug-likeness (QED) is 0.208. The van der Waals surface area contributed by atoms with Crippen LogP contribution in [0, 0.1) is 11.8 Å². The molecule has 1 aliphatic carbocycles. The van der Waals surface area contributed by atoms with E-state index in [1.54, 1.807) is 24.3 Å². The van der Waals surface area contributed by atoms with E-state index in [9.17, 15) is 24.3 Å². The summed E-state index contributed by atoms with van der Waals surface area (Å²) < 4.78 is 0. The summed E-state index contributed by atoms with van der Waals surface area (Å²) in [5, 5.41) is 18.0. The Kier molecular flexibility index (Phi) is 13.1. The first kappa shape index (κ1) is 33.6. The minimum absolute atomic E-state index is 0. The molecule has 4 amide bonds. The maximum atomic E-state index is 13.2. The molecule has 2 aromatic carbocycles. The van der Waals surface area contributed by atoms with Crippen LogP contribution in [0.5, 0.6) is 5.75 Å². The highest BCUT2D eigenvalue weighted by molar-refractivity contribution is 5.92. The molecule has 5 atom stereocenters. The van der Waals surface area contributed by atoms with Crippen LogP contribution in [0.4, 0.5) is 0 Å². The number of benzene rings is 2. The van der Waals surface area contributed by atoms with Crippen LogP contribution in [0.2, 0.25) is 0 Å². The van der Waals surface area contributed by atoms with Gasteiger partial charge in [-0.2, -0.15) is 0 Å². The van der Waals surface area contributed by atoms with E-state index in [1.807, 2.05) is 44.2 Å². The number of nitrogens with two attached hydrogens (primary N) is 2. The SMILES string of the molecule is CC(C)CC(NC(=O)C(Cc1ccccc1)NC(=O)C1CCC(NC(=O)C(N)Cc2ccc(O)cc2)C1)C(N)=O.Cl. The molecule has 10 nitrogen and oxygen atoms in total. The maximum absolute atomic E-state index is 13.2. The zero-order valence-electron chi connectivity index (χ0n) is 23.5. The van der Waals surface area contributed by atoms with Gasteiger partial charge in [0, 0.05) is 18.4 Å². The molecule has 11 heteroatoms. The molecule has 41 heavy (non-hydrogen) atoms. The smallest absolute Gasteiger partial charge is 0.243 e. The normalized spacial score (nSPS) is 18.4. The number of nitrogens with one attached hydrogen (secondary N) is 3. The number of primary amides is 1. The van der Waals surface area contributed by atoms with Gasteiger partial charge in [0.2, 0.25) is 23.6 Å². The van der Waals surface area contributed by atoms with E-state index in [1.165, 1.54) is 0 Å². The van der Waals surface area contributed by atoms with Gasteiger partial charge in [0.1, 0.15) is 17.8 Å². The van der Waals surface area contributed by atoms with Crippen molar-refractivity contribution in [1.29, 1.82) is 0 Å². The van der Waals surface area contributed by atoms with Gasteiger partial charge in [-0.25, -0.2) is 0 Å². The maximum Gasteiger partial charge on any atom is 0.243 e. The van der Waals surface area contributed by atoms with Crippen molar-refractivity contribution in [3.63, 3.8) is 0 Å². The van der Waals surface area contributed by atoms with Gasteiger partial charge in [-0.3, -0.25) is 19.2 Å². The van der Waals surface area contributed by atoms with Crippen LogP contribution < -0.4 is 27.4 Å². The standard InChI is InChI=1S/C30H41N5O5.ClH/c1-18(2)14-25(27(32)37)34-30(40)26(16-19-6-4-3-5-7-19)35-28(38)21-10-11-22(17-21)33-29(39)24(31)15-20-8-12-23(36)13-9-20;/h3-9,12-13,18,21-22,24-26,36H,10-11,14-17,31H2,1-2H3,(H2,32,37)(H,33,39)(H,34,40)(H,35,38);1H. The van der Waals surface area contributed by atoms with Crippen molar-refractivity contribution in [2.75, 3.05) is 0 Å². The predicted molar refractivity (Wildman–Crippen MR) is 159 cm³/mol. The lowest BCUT2D eigenvalue weighted by Gasteiger charge is -2.24. The molecule has 0 radical (unpaired) electrons. The second kappa shape index (κ2) is 16.0. The summed E-state index contributed by atoms with van der Waals surface area (Å²) in [6.45, 7) is 3.86. The second-order valence-corrected chi connectivity index (χ2v) is 11.0. The van der Waals surface area contributed by atoms with Crippen LogP contribution in [-0.4, -0.2) is 52.9 Å². The molecule has 5 unspecified atom stereocenters. The summed E-state index contributed by atoms with van der Waals surface area (Å²) in [4.78, 5) is 51.1. The minimum Gasteiger partial charge on any atom is -0.508 e. The van der Waals surface area contributed by atoms with Crippen molar-refractivity contribution >= 4 is 36.0 Å². The lowest BCUT2D eigenvalue weighted by Crippen LogP contribution is -2.54. The van der Waals surface area contributed by atoms with Gasteiger partial charge in [0.05, 0.1) is 6.04 Å². The lowest BCUT2D eigenvalue weighted by molar-refractivity contribution is -0.132. The van der Waals surface area contributed by atoms with E-state index in [4.69, 9.17) is 11.5 Å². The average Bonchev–Trinajstić information content (AvgIpc) is 3.38. The van der Waals surface area contributed by atoms with Gasteiger partial charge >= 0.3 is 0 Å². The number of hydrogen-bond acceptors (Lipinski definition) is 6. The summed E-state index contributed by atoms with van der Waals surface area (Å²) in [6, 6.07) is 13.1. The van der Waals surface area contributed by atoms with Crippen molar-refractivity contribution in [2.24, 2.45) is 23.3 Å². The average molecular weight is 588 g/mol. The Hall–Kier alpha value is -3.63. The molecule has 3 rings (SSSR count). The van der Waals surface area contributed by atoms with Gasteiger partial charge in [0.15, 0.2) is 0 Å². The van der Waals surface area contributed by atoms with Crippen LogP contribution in [0.1, 0.15) is 50.7 Å². The number of aromatic hydroxyl groups is 1. The van der Waals surface area contributed by atoms with Gasteiger partial charge in [-0.1, -0.05) is 56.3 Å². The molecule has 1 saturated carbocycles. The Labute approximate surface area is 247 Å². The highest BCUT2D eigenvalue weighted by Crippen LogP contribution is 2.26. The Bertz CT molecular complexity index is 1160. The highest BCUT2D eigenvalue weighted by Gasteiger charge is 2.34. The summed E-state index contributed by atoms with van der Waals surface area (Å²) in [5.41, 5.74) is 13.3. The molecule has 0 bridgehead atoms. The topological polar surface area (TPSA) is 177 Å². The van der Waals surface area contributed by atoms with Crippen LogP contribution in [0.25, 0.3) is 0 Å². The second-order valence-electron chi connectivity index (χ2n) is 11.0. The summed E-state index contributed by atoms with van der Waals surface area (Å²) in [6.07, 6.45) is 2.57. The van der Waals surface area contributed by atoms with E-state index in [2.05, 4.69) is 16.0 Å². The number of rotatable bonds is 13. The third-order valence-electron chi connectivity index (χ3n) is 7.16. The molecule has 0 heterocycles. The largest absolute Gasteiger partial charge is 0.508 e. The zero-order chi connectivity index (χ0) is 29.2. The number of phenolic OH excluding ortho intramolecular Hbond substituents is 1. The van der Waals surface area contributed by atoms with Gasteiger partial charge in [-0.05, 0) is 61.3 Å². The zero-order valence-corrected chi connectivity index (χ0v) is 24.4. The van der Waals surface area contributed by atoms with E-state index in [0.717, 1.165) is 11.1 Å². The number of hydrogen-bond donors (Lipinski definition) is 6. The van der Waals surface area contributed by atoms with E-state index < -0.39 is 29.9 Å². The molecule has 1 fully saturated rings. The highest BCUT2D eigenvalue weighted by atomic mass is 35.5. The summed E-state index contributed by atoms with van der Waals surface area (Å²) in [7, 11) is 0. The van der Waals surface area contributed by atoms with Gasteiger partial charge in [0.25, 0.3) is 0 Å². The first-order valence-electron chi connectivity index (χ1n) is 13.8. The first-order valence-corrected chi connectivity index (χ1v) is 13.8. The fraction of sp³-hybridized carbons (Fsp3) is 0.467. The number of carbonyl (C=O) groups is 4. The summed E-state index contributed by atoms with van der Waals surface area (Å²) >= 11 is 0. The molecule has 8 N–H and O–H groups in total. The van der Waals surface area contributed by atoms with Crippen LogP contribution in [0.15, 0.2) is 54.6 Å². The molecule has 2 aromatic rings.